The van der Waals surface area contributed by atoms with Gasteiger partial charge in [-0.3, -0.25) is 14.2 Å². The van der Waals surface area contributed by atoms with E-state index in [1.807, 2.05) is 0 Å². The minimum Gasteiger partial charge on any atom is -0.493 e. The molecule has 0 saturated heterocycles. The maximum Gasteiger partial charge on any atom is 0.338 e. The van der Waals surface area contributed by atoms with Crippen molar-refractivity contribution in [1.82, 2.24) is 4.57 Å². The average molecular weight is 561 g/mol. The molecule has 0 unspecified atom stereocenters. The van der Waals surface area contributed by atoms with E-state index in [1.165, 1.54) is 18.6 Å². The Morgan fingerprint density at radius 3 is 2.49 bits per heavy atom. The van der Waals surface area contributed by atoms with Crippen molar-refractivity contribution < 1.29 is 23.8 Å². The first kappa shape index (κ1) is 26.7. The van der Waals surface area contributed by atoms with Crippen LogP contribution in [0.1, 0.15) is 37.9 Å². The molecule has 0 N–H and O–H groups in total. The van der Waals surface area contributed by atoms with Gasteiger partial charge >= 0.3 is 11.9 Å². The molecule has 0 radical (unpaired) electrons. The smallest absolute Gasteiger partial charge is 0.338 e. The number of carbonyl (C=O) groups excluding carboxylic acids is 2. The number of methoxy groups -OCH3 is 1. The zero-order valence-electron chi connectivity index (χ0n) is 20.3. The van der Waals surface area contributed by atoms with Crippen LogP contribution in [0.5, 0.6) is 11.5 Å². The van der Waals surface area contributed by atoms with Crippen molar-refractivity contribution in [3.63, 3.8) is 0 Å². The molecule has 8 nitrogen and oxygen atoms in total. The Kier molecular flexibility index (Phi) is 7.87. The second kappa shape index (κ2) is 10.9. The number of fused-ring (bicyclic) bond motifs is 1. The number of aromatic nitrogens is 1. The van der Waals surface area contributed by atoms with Crippen LogP contribution in [0.25, 0.3) is 6.08 Å². The van der Waals surface area contributed by atoms with Gasteiger partial charge < -0.3 is 14.2 Å². The summed E-state index contributed by atoms with van der Waals surface area (Å²) in [6, 6.07) is 9.02. The van der Waals surface area contributed by atoms with Crippen molar-refractivity contribution in [2.24, 2.45) is 4.99 Å². The summed E-state index contributed by atoms with van der Waals surface area (Å²) in [7, 11) is 1.43. The highest BCUT2D eigenvalue weighted by molar-refractivity contribution is 7.07. The number of rotatable bonds is 6. The number of hydrogen-bond acceptors (Lipinski definition) is 8. The lowest BCUT2D eigenvalue weighted by Gasteiger charge is -2.25. The molecule has 0 amide bonds. The van der Waals surface area contributed by atoms with E-state index in [1.54, 1.807) is 56.3 Å². The SMILES string of the molecule is CCOC(=O)C1=C(C)N=c2s/c(=C/c3c(Cl)cccc3Cl)c(=O)n2[C@H]1c1ccc(OC(C)=O)c(OC)c1. The largest absolute Gasteiger partial charge is 0.493 e. The summed E-state index contributed by atoms with van der Waals surface area (Å²) in [5.74, 6) is -0.645. The first-order valence-corrected chi connectivity index (χ1v) is 12.7. The number of benzene rings is 2. The van der Waals surface area contributed by atoms with E-state index >= 15 is 0 Å². The number of hydrogen-bond donors (Lipinski definition) is 0. The molecular formula is C26H22Cl2N2O6S. The second-order valence-corrected chi connectivity index (χ2v) is 9.77. The third-order valence-corrected chi connectivity index (χ3v) is 7.19. The summed E-state index contributed by atoms with van der Waals surface area (Å²) >= 11 is 13.8. The minimum atomic E-state index is -0.876. The quantitative estimate of drug-likeness (QED) is 0.333. The molecule has 0 saturated carbocycles. The maximum absolute atomic E-state index is 13.7. The Balaban J connectivity index is 1.98. The van der Waals surface area contributed by atoms with Crippen molar-refractivity contribution in [3.05, 3.63) is 88.5 Å². The van der Waals surface area contributed by atoms with E-state index in [9.17, 15) is 14.4 Å². The summed E-state index contributed by atoms with van der Waals surface area (Å²) < 4.78 is 17.7. The Hall–Kier alpha value is -3.40. The predicted molar refractivity (Wildman–Crippen MR) is 141 cm³/mol. The van der Waals surface area contributed by atoms with Crippen LogP contribution in [-0.2, 0) is 14.3 Å². The van der Waals surface area contributed by atoms with E-state index in [2.05, 4.69) is 4.99 Å². The molecule has 37 heavy (non-hydrogen) atoms. The van der Waals surface area contributed by atoms with Crippen LogP contribution < -0.4 is 24.4 Å². The Labute approximate surface area is 226 Å². The lowest BCUT2D eigenvalue weighted by molar-refractivity contribution is -0.139. The Morgan fingerprint density at radius 2 is 1.86 bits per heavy atom. The van der Waals surface area contributed by atoms with E-state index in [0.717, 1.165) is 11.3 Å². The first-order chi connectivity index (χ1) is 17.7. The van der Waals surface area contributed by atoms with Crippen LogP contribution in [0.15, 0.2) is 57.5 Å². The molecule has 0 bridgehead atoms. The molecule has 3 aromatic rings. The van der Waals surface area contributed by atoms with Crippen molar-refractivity contribution in [2.75, 3.05) is 13.7 Å². The summed E-state index contributed by atoms with van der Waals surface area (Å²) in [6.45, 7) is 4.81. The second-order valence-electron chi connectivity index (χ2n) is 7.94. The zero-order chi connectivity index (χ0) is 26.9. The van der Waals surface area contributed by atoms with E-state index < -0.39 is 18.0 Å². The normalized spacial score (nSPS) is 15.2. The maximum atomic E-state index is 13.7. The zero-order valence-corrected chi connectivity index (χ0v) is 22.7. The number of carbonyl (C=O) groups is 2. The highest BCUT2D eigenvalue weighted by Gasteiger charge is 2.34. The number of allylic oxidation sites excluding steroid dienone is 1. The van der Waals surface area contributed by atoms with Crippen molar-refractivity contribution in [3.8, 4) is 11.5 Å². The van der Waals surface area contributed by atoms with Gasteiger partial charge in [-0.05, 0) is 49.8 Å². The molecule has 192 valence electrons. The minimum absolute atomic E-state index is 0.145. The van der Waals surface area contributed by atoms with E-state index in [0.29, 0.717) is 36.2 Å². The van der Waals surface area contributed by atoms with Crippen molar-refractivity contribution in [1.29, 1.82) is 0 Å². The Morgan fingerprint density at radius 1 is 1.16 bits per heavy atom. The van der Waals surface area contributed by atoms with Crippen LogP contribution in [-0.4, -0.2) is 30.2 Å². The van der Waals surface area contributed by atoms with Crippen LogP contribution >= 0.6 is 34.5 Å². The van der Waals surface area contributed by atoms with Crippen LogP contribution in [0.4, 0.5) is 0 Å². The van der Waals surface area contributed by atoms with Gasteiger partial charge in [0, 0.05) is 22.5 Å². The summed E-state index contributed by atoms with van der Waals surface area (Å²) in [6.07, 6.45) is 1.61. The Bertz CT molecular complexity index is 1600. The summed E-state index contributed by atoms with van der Waals surface area (Å²) in [5, 5.41) is 0.785. The highest BCUT2D eigenvalue weighted by Crippen LogP contribution is 2.36. The fourth-order valence-corrected chi connectivity index (χ4v) is 5.51. The van der Waals surface area contributed by atoms with Gasteiger partial charge in [-0.1, -0.05) is 46.7 Å². The predicted octanol–water partition coefficient (Wildman–Crippen LogP) is 4.04. The number of thiazole rings is 1. The highest BCUT2D eigenvalue weighted by atomic mass is 35.5. The summed E-state index contributed by atoms with van der Waals surface area (Å²) in [4.78, 5) is 43.3. The third-order valence-electron chi connectivity index (χ3n) is 5.55. The average Bonchev–Trinajstić information content (AvgIpc) is 3.15. The molecule has 0 spiro atoms. The molecule has 1 aliphatic rings. The van der Waals surface area contributed by atoms with Gasteiger partial charge in [-0.2, -0.15) is 0 Å². The van der Waals surface area contributed by atoms with Crippen LogP contribution in [0.2, 0.25) is 10.0 Å². The van der Waals surface area contributed by atoms with Gasteiger partial charge in [0.05, 0.1) is 35.6 Å². The third kappa shape index (κ3) is 5.20. The van der Waals surface area contributed by atoms with Crippen LogP contribution in [0.3, 0.4) is 0 Å². The van der Waals surface area contributed by atoms with Crippen LogP contribution in [0, 0.1) is 0 Å². The molecule has 2 aromatic carbocycles. The van der Waals surface area contributed by atoms with Gasteiger partial charge in [0.15, 0.2) is 16.3 Å². The molecule has 1 atom stereocenters. The monoisotopic (exact) mass is 560 g/mol. The first-order valence-electron chi connectivity index (χ1n) is 11.2. The number of halogens is 2. The molecule has 4 rings (SSSR count). The van der Waals surface area contributed by atoms with Gasteiger partial charge in [0.1, 0.15) is 0 Å². The molecule has 11 heteroatoms. The van der Waals surface area contributed by atoms with Gasteiger partial charge in [-0.15, -0.1) is 0 Å². The van der Waals surface area contributed by atoms with Gasteiger partial charge in [0.2, 0.25) is 0 Å². The fourth-order valence-electron chi connectivity index (χ4n) is 3.98. The molecule has 0 aliphatic carbocycles. The molecular weight excluding hydrogens is 539 g/mol. The number of nitrogens with zero attached hydrogens (tertiary/aromatic N) is 2. The van der Waals surface area contributed by atoms with Crippen molar-refractivity contribution >= 4 is 52.6 Å². The molecule has 2 heterocycles. The molecule has 1 aliphatic heterocycles. The molecule has 0 fully saturated rings. The standard InChI is InChI=1S/C26H22Cl2N2O6S/c1-5-35-25(33)22-13(2)29-26-30(23(22)15-9-10-19(36-14(3)31)20(11-15)34-4)24(32)21(37-26)12-16-17(27)7-6-8-18(16)28/h6-12,23H,5H2,1-4H3/b21-12+/t23-/m0/s1. The lowest BCUT2D eigenvalue weighted by Crippen LogP contribution is -2.40. The topological polar surface area (TPSA) is 96.2 Å². The number of ether oxygens (including phenoxy) is 3. The van der Waals surface area contributed by atoms with E-state index in [4.69, 9.17) is 37.4 Å². The summed E-state index contributed by atoms with van der Waals surface area (Å²) in [5.41, 5.74) is 1.27. The van der Waals surface area contributed by atoms with Gasteiger partial charge in [0.25, 0.3) is 5.56 Å². The molecule has 1 aromatic heterocycles. The van der Waals surface area contributed by atoms with E-state index in [-0.39, 0.29) is 29.2 Å². The lowest BCUT2D eigenvalue weighted by atomic mass is 9.95. The fraction of sp³-hybridized carbons (Fsp3) is 0.231. The van der Waals surface area contributed by atoms with Gasteiger partial charge in [-0.25, -0.2) is 9.79 Å². The van der Waals surface area contributed by atoms with Crippen molar-refractivity contribution in [2.45, 2.75) is 26.8 Å². The number of esters is 2.